The van der Waals surface area contributed by atoms with E-state index in [4.69, 9.17) is 44.9 Å². The zero-order chi connectivity index (χ0) is 32.4. The first-order valence-corrected chi connectivity index (χ1v) is 18.4. The number of nitrogens with zero attached hydrogens (tertiary/aromatic N) is 2. The van der Waals surface area contributed by atoms with Gasteiger partial charge in [-0.3, -0.25) is 14.5 Å². The number of halogens is 2. The van der Waals surface area contributed by atoms with E-state index in [0.29, 0.717) is 35.1 Å². The van der Waals surface area contributed by atoms with Crippen LogP contribution in [0, 0.1) is 5.92 Å². The lowest BCUT2D eigenvalue weighted by Crippen LogP contribution is -2.55. The Morgan fingerprint density at radius 3 is 2.21 bits per heavy atom. The number of piperidine rings is 1. The molecule has 0 aliphatic carbocycles. The first-order valence-electron chi connectivity index (χ1n) is 14.2. The second kappa shape index (κ2) is 16.8. The molecule has 10 heteroatoms. The van der Waals surface area contributed by atoms with Crippen LogP contribution in [0.15, 0.2) is 66.7 Å². The van der Waals surface area contributed by atoms with E-state index in [1.165, 1.54) is 0 Å². The summed E-state index contributed by atoms with van der Waals surface area (Å²) in [5, 5.41) is 1.33. The topological polar surface area (TPSA) is 59.1 Å². The number of hydrogen-bond acceptors (Lipinski definition) is 5. The summed E-state index contributed by atoms with van der Waals surface area (Å²) in [4.78, 5) is 30.8. The first kappa shape index (κ1) is 37.1. The number of carbonyl (C=O) groups excluding carboxylic acids is 2. The quantitative estimate of drug-likeness (QED) is 0.0841. The summed E-state index contributed by atoms with van der Waals surface area (Å²) in [6.07, 6.45) is 7.78. The van der Waals surface area contributed by atoms with Gasteiger partial charge in [0.15, 0.2) is 0 Å². The number of benzene rings is 2. The Kier molecular flexibility index (Phi) is 14.5. The van der Waals surface area contributed by atoms with Gasteiger partial charge in [-0.1, -0.05) is 71.8 Å². The van der Waals surface area contributed by atoms with Crippen LogP contribution in [-0.2, 0) is 19.1 Å². The zero-order valence-electron chi connectivity index (χ0n) is 26.4. The summed E-state index contributed by atoms with van der Waals surface area (Å²) in [5.41, 5.74) is 0.822. The molecule has 238 valence electrons. The molecule has 0 aromatic heterocycles. The maximum absolute atomic E-state index is 14.1. The Morgan fingerprint density at radius 1 is 1.07 bits per heavy atom. The van der Waals surface area contributed by atoms with E-state index in [9.17, 15) is 9.59 Å². The van der Waals surface area contributed by atoms with E-state index in [1.54, 1.807) is 21.9 Å². The van der Waals surface area contributed by atoms with E-state index >= 15 is 0 Å². The van der Waals surface area contributed by atoms with Gasteiger partial charge in [-0.2, -0.15) is 0 Å². The van der Waals surface area contributed by atoms with Crippen molar-refractivity contribution in [2.45, 2.75) is 52.2 Å². The van der Waals surface area contributed by atoms with Crippen LogP contribution in [0.25, 0.3) is 0 Å². The minimum atomic E-state index is -0.718. The first-order chi connectivity index (χ1) is 20.0. The van der Waals surface area contributed by atoms with Crippen LogP contribution in [-0.4, -0.2) is 77.8 Å². The van der Waals surface area contributed by atoms with Crippen molar-refractivity contribution < 1.29 is 19.1 Å². The monoisotopic (exact) mass is 668 g/mol. The third-order valence-electron chi connectivity index (χ3n) is 6.43. The number of rotatable bonds is 10. The number of anilines is 1. The van der Waals surface area contributed by atoms with Crippen LogP contribution in [0.3, 0.4) is 0 Å². The third-order valence-corrected chi connectivity index (χ3v) is 8.74. The van der Waals surface area contributed by atoms with Crippen molar-refractivity contribution in [3.8, 4) is 0 Å². The predicted molar refractivity (Wildman–Crippen MR) is 188 cm³/mol. The number of carbonyl (C=O) groups is 2. The summed E-state index contributed by atoms with van der Waals surface area (Å²) in [7, 11) is -0.718. The molecule has 2 aromatic carbocycles. The average molecular weight is 670 g/mol. The zero-order valence-corrected chi connectivity index (χ0v) is 29.5. The van der Waals surface area contributed by atoms with Crippen molar-refractivity contribution in [3.63, 3.8) is 0 Å². The maximum Gasteiger partial charge on any atom is 0.326 e. The van der Waals surface area contributed by atoms with Gasteiger partial charge < -0.3 is 14.4 Å². The maximum atomic E-state index is 14.1. The van der Waals surface area contributed by atoms with Crippen LogP contribution in [0.4, 0.5) is 5.69 Å². The van der Waals surface area contributed by atoms with Crippen LogP contribution in [0.5, 0.6) is 0 Å². The lowest BCUT2D eigenvalue weighted by Gasteiger charge is -2.43. The lowest BCUT2D eigenvalue weighted by molar-refractivity contribution is -0.156. The third kappa shape index (κ3) is 13.2. The predicted octanol–water partition coefficient (Wildman–Crippen LogP) is 8.01. The fourth-order valence-corrected chi connectivity index (χ4v) is 5.75. The fraction of sp³-hybridized carbons (Fsp3) is 0.485. The van der Waals surface area contributed by atoms with Crippen molar-refractivity contribution in [1.29, 1.82) is 0 Å². The van der Waals surface area contributed by atoms with E-state index in [1.807, 2.05) is 70.2 Å². The van der Waals surface area contributed by atoms with Gasteiger partial charge in [0.1, 0.15) is 18.9 Å². The number of likely N-dealkylation sites (tertiary alicyclic amines) is 1. The molecule has 1 saturated heterocycles. The summed E-state index contributed by atoms with van der Waals surface area (Å²) in [5.74, 6) is 0.00165. The summed E-state index contributed by atoms with van der Waals surface area (Å²) >= 11 is 17.4. The van der Waals surface area contributed by atoms with E-state index in [2.05, 4.69) is 25.3 Å². The van der Waals surface area contributed by atoms with E-state index in [-0.39, 0.29) is 25.2 Å². The number of hydrogen-bond donors (Lipinski definition) is 0. The number of amides is 1. The summed E-state index contributed by atoms with van der Waals surface area (Å²) in [6.45, 7) is 12.1. The second-order valence-corrected chi connectivity index (χ2v) is 18.4. The van der Waals surface area contributed by atoms with Crippen LogP contribution >= 0.6 is 45.4 Å². The Labute approximate surface area is 275 Å². The molecular weight excluding hydrogens is 623 g/mol. The van der Waals surface area contributed by atoms with Crippen LogP contribution < -0.4 is 4.90 Å². The molecule has 0 bridgehead atoms. The minimum Gasteiger partial charge on any atom is -0.459 e. The van der Waals surface area contributed by atoms with Crippen molar-refractivity contribution in [2.75, 3.05) is 49.3 Å². The molecule has 2 atom stereocenters. The normalized spacial score (nSPS) is 17.4. The molecule has 2 unspecified atom stereocenters. The molecule has 3 rings (SSSR count). The summed E-state index contributed by atoms with van der Waals surface area (Å²) < 4.78 is 11.5. The highest BCUT2D eigenvalue weighted by atomic mass is 35.5. The summed E-state index contributed by atoms with van der Waals surface area (Å²) in [6, 6.07) is 16.2. The molecule has 2 aromatic rings. The Balaban J connectivity index is 0.000000804. The van der Waals surface area contributed by atoms with Crippen molar-refractivity contribution in [1.82, 2.24) is 4.90 Å². The highest BCUT2D eigenvalue weighted by Gasteiger charge is 2.41. The molecule has 6 nitrogen and oxygen atoms in total. The Hall–Kier alpha value is -2.10. The molecule has 0 N–H and O–H groups in total. The van der Waals surface area contributed by atoms with Gasteiger partial charge in [0.2, 0.25) is 5.91 Å². The molecule has 1 amide bonds. The Bertz CT molecular complexity index is 1250. The molecule has 0 radical (unpaired) electrons. The largest absolute Gasteiger partial charge is 0.459 e. The molecule has 1 fully saturated rings. The molecule has 43 heavy (non-hydrogen) atoms. The number of thiocarbonyl (C=S) groups is 1. The van der Waals surface area contributed by atoms with Crippen molar-refractivity contribution in [2.24, 2.45) is 5.92 Å². The SMILES string of the molecule is C=C(C)C1C(C(=O)N(COCCS(C)(C)C)c2cccc(Cl)c2)CCC(=S)N1CC(=O)OC(C)(C)C.Clc1ccccc1. The van der Waals surface area contributed by atoms with Gasteiger partial charge >= 0.3 is 5.97 Å². The fourth-order valence-electron chi connectivity index (χ4n) is 4.51. The number of esters is 1. The molecule has 1 aliphatic rings. The highest BCUT2D eigenvalue weighted by Crippen LogP contribution is 2.35. The average Bonchev–Trinajstić information content (AvgIpc) is 2.88. The standard InChI is InChI=1S/C27H41ClN2O4S2.C6H5Cl/c1-19(2)25-22(12-13-23(35)29(25)17-24(31)34-27(3,4)5)26(32)30(18-33-14-15-36(6,7)8)21-11-9-10-20(28)16-21;7-6-4-2-1-3-5-6/h9-11,16,22,25H,1,12-15,17-18H2,2-8H3;1-5H. The smallest absolute Gasteiger partial charge is 0.326 e. The van der Waals surface area contributed by atoms with E-state index in [0.717, 1.165) is 16.3 Å². The van der Waals surface area contributed by atoms with Crippen molar-refractivity contribution in [3.05, 3.63) is 76.8 Å². The lowest BCUT2D eigenvalue weighted by atomic mass is 9.84. The van der Waals surface area contributed by atoms with Crippen molar-refractivity contribution >= 4 is 68.0 Å². The van der Waals surface area contributed by atoms with Gasteiger partial charge in [0, 0.05) is 21.5 Å². The molecular formula is C33H46Cl2N2O4S2. The van der Waals surface area contributed by atoms with Crippen LogP contribution in [0.2, 0.25) is 10.0 Å². The molecule has 1 aliphatic heterocycles. The molecule has 0 spiro atoms. The highest BCUT2D eigenvalue weighted by molar-refractivity contribution is 8.32. The minimum absolute atomic E-state index is 0.0283. The second-order valence-electron chi connectivity index (χ2n) is 12.4. The van der Waals surface area contributed by atoms with Gasteiger partial charge in [-0.25, -0.2) is 10.0 Å². The van der Waals surface area contributed by atoms with Gasteiger partial charge in [0.05, 0.1) is 23.6 Å². The molecule has 0 saturated carbocycles. The number of ether oxygens (including phenoxy) is 2. The van der Waals surface area contributed by atoms with Crippen LogP contribution in [0.1, 0.15) is 40.5 Å². The van der Waals surface area contributed by atoms with Gasteiger partial charge in [0.25, 0.3) is 0 Å². The van der Waals surface area contributed by atoms with E-state index < -0.39 is 27.6 Å². The van der Waals surface area contributed by atoms with Gasteiger partial charge in [-0.15, -0.1) is 0 Å². The Morgan fingerprint density at radius 2 is 1.70 bits per heavy atom. The van der Waals surface area contributed by atoms with Gasteiger partial charge in [-0.05, 0) is 89.6 Å². The molecule has 1 heterocycles.